The zero-order valence-electron chi connectivity index (χ0n) is 61.8. The van der Waals surface area contributed by atoms with Crippen molar-refractivity contribution in [2.45, 2.75) is 299 Å². The average molecular weight is 1270 g/mol. The highest BCUT2D eigenvalue weighted by atomic mass is 32.2. The Balaban J connectivity index is 1.55. The van der Waals surface area contributed by atoms with Gasteiger partial charge in [-0.3, -0.25) is 0 Å². The molecule has 6 aromatic carbocycles. The highest BCUT2D eigenvalue weighted by molar-refractivity contribution is 7.99. The number of hydrogen-bond donors (Lipinski definition) is 0. The van der Waals surface area contributed by atoms with Gasteiger partial charge in [0.15, 0.2) is 0 Å². The summed E-state index contributed by atoms with van der Waals surface area (Å²) in [4.78, 5) is 2.20. The van der Waals surface area contributed by atoms with Gasteiger partial charge in [0.25, 0.3) is 0 Å². The predicted octanol–water partition coefficient (Wildman–Crippen LogP) is 25.6. The van der Waals surface area contributed by atoms with Gasteiger partial charge in [0.2, 0.25) is 0 Å². The molecule has 89 heavy (non-hydrogen) atoms. The van der Waals surface area contributed by atoms with E-state index in [0.717, 1.165) is 111 Å². The van der Waals surface area contributed by atoms with Gasteiger partial charge in [-0.15, -0.1) is 0 Å². The molecule has 0 atom stereocenters. The van der Waals surface area contributed by atoms with Crippen LogP contribution in [0.2, 0.25) is 0 Å². The third kappa shape index (κ3) is 17.9. The van der Waals surface area contributed by atoms with E-state index in [0.29, 0.717) is 0 Å². The smallest absolute Gasteiger partial charge is 0.408 e. The molecule has 488 valence electrons. The van der Waals surface area contributed by atoms with Crippen LogP contribution < -0.4 is 27.1 Å². The maximum Gasteiger partial charge on any atom is 0.530 e. The Hall–Kier alpha value is -4.67. The van der Waals surface area contributed by atoms with Crippen LogP contribution in [-0.4, -0.2) is 0 Å². The molecule has 0 fully saturated rings. The summed E-state index contributed by atoms with van der Waals surface area (Å²) in [5.74, 6) is 4.81. The normalized spacial score (nSPS) is 13.5. The minimum absolute atomic E-state index is 0.232. The lowest BCUT2D eigenvalue weighted by Crippen LogP contribution is -2.22. The van der Waals surface area contributed by atoms with Crippen molar-refractivity contribution < 1.29 is 27.1 Å². The third-order valence-corrected chi connectivity index (χ3v) is 19.2. The number of benzene rings is 6. The van der Waals surface area contributed by atoms with Crippen LogP contribution in [-0.2, 0) is 54.1 Å². The average Bonchev–Trinajstić information content (AvgIpc) is 2.35. The van der Waals surface area contributed by atoms with Crippen LogP contribution in [0.1, 0.15) is 286 Å². The molecule has 0 amide bonds. The van der Waals surface area contributed by atoms with E-state index in [1.54, 1.807) is 11.8 Å². The molecule has 0 spiro atoms. The van der Waals surface area contributed by atoms with Crippen LogP contribution in [0.4, 0.5) is 0 Å². The maximum absolute atomic E-state index is 7.54. The number of hydrogen-bond acceptors (Lipinski definition) is 7. The fourth-order valence-corrected chi connectivity index (χ4v) is 14.7. The molecule has 0 saturated heterocycles. The van der Waals surface area contributed by atoms with Gasteiger partial charge in [0.05, 0.1) is 0 Å². The molecule has 6 aromatic rings. The van der Waals surface area contributed by atoms with E-state index >= 15 is 0 Å². The summed E-state index contributed by atoms with van der Waals surface area (Å²) < 4.78 is 45.0. The van der Waals surface area contributed by atoms with Crippen LogP contribution in [0, 0.1) is 27.7 Å². The Morgan fingerprint density at radius 2 is 0.416 bits per heavy atom. The molecule has 6 nitrogen and oxygen atoms in total. The van der Waals surface area contributed by atoms with Crippen molar-refractivity contribution in [2.75, 3.05) is 0 Å². The summed E-state index contributed by atoms with van der Waals surface area (Å²) in [7, 11) is -4.26. The molecule has 0 unspecified atom stereocenters. The monoisotopic (exact) mass is 1270 g/mol. The SMILES string of the molecule is Cc1cc(C(C)(C)C)c(OP(Oc2c(C)cc(Sc3cc(C)c(OP(Oc4c(C(C)(C)C)cccc4C(C)(C)C)Oc4c(C(C)(C)C)cccc4C(C)(C)C)c(C(C)(C)C)c3)cc2C(C)(C)C)Oc2c(C(C)(C)C)cc(C)cc2C(C)(C)C)c(C(C)(C)C)c1. The van der Waals surface area contributed by atoms with E-state index in [1.165, 1.54) is 11.1 Å². The van der Waals surface area contributed by atoms with E-state index in [4.69, 9.17) is 27.1 Å². The van der Waals surface area contributed by atoms with Crippen molar-refractivity contribution in [1.82, 2.24) is 0 Å². The van der Waals surface area contributed by atoms with Crippen molar-refractivity contribution in [3.05, 3.63) is 163 Å². The van der Waals surface area contributed by atoms with Crippen LogP contribution in [0.3, 0.4) is 0 Å². The van der Waals surface area contributed by atoms with E-state index in [1.807, 2.05) is 0 Å². The fourth-order valence-electron chi connectivity index (χ4n) is 11.3. The lowest BCUT2D eigenvalue weighted by Gasteiger charge is -2.34. The van der Waals surface area contributed by atoms with Gasteiger partial charge in [-0.05, 0) is 117 Å². The lowest BCUT2D eigenvalue weighted by atomic mass is 9.78. The van der Waals surface area contributed by atoms with Crippen molar-refractivity contribution in [3.63, 3.8) is 0 Å². The van der Waals surface area contributed by atoms with Gasteiger partial charge in [0.1, 0.15) is 34.5 Å². The summed E-state index contributed by atoms with van der Waals surface area (Å²) in [5, 5.41) is 0. The first-order valence-electron chi connectivity index (χ1n) is 32.3. The molecular weight excluding hydrogens is 1150 g/mol. The van der Waals surface area contributed by atoms with E-state index in [-0.39, 0.29) is 54.1 Å². The minimum Gasteiger partial charge on any atom is -0.408 e. The quantitative estimate of drug-likeness (QED) is 0.101. The summed E-state index contributed by atoms with van der Waals surface area (Å²) >= 11 is 1.76. The van der Waals surface area contributed by atoms with Crippen molar-refractivity contribution >= 4 is 29.0 Å². The first-order chi connectivity index (χ1) is 40.1. The molecular formula is C80H116O6P2S. The highest BCUT2D eigenvalue weighted by Gasteiger charge is 2.40. The van der Waals surface area contributed by atoms with Gasteiger partial charge < -0.3 is 27.1 Å². The first kappa shape index (κ1) is 73.4. The van der Waals surface area contributed by atoms with Crippen LogP contribution in [0.25, 0.3) is 0 Å². The van der Waals surface area contributed by atoms with Crippen LogP contribution >= 0.6 is 29.0 Å². The molecule has 0 aromatic heterocycles. The number of para-hydroxylation sites is 2. The second kappa shape index (κ2) is 25.7. The Bertz CT molecular complexity index is 3220. The lowest BCUT2D eigenvalue weighted by molar-refractivity contribution is 0.359. The number of rotatable bonds is 14. The largest absolute Gasteiger partial charge is 0.530 e. The molecule has 0 heterocycles. The zero-order chi connectivity index (χ0) is 67.7. The Morgan fingerprint density at radius 1 is 0.236 bits per heavy atom. The standard InChI is InChI=1S/C80H116O6P2S/c1-49-41-59(75(17,18)19)69(60(42-49)76(20,21)22)85-88(86-70-61(77(23,24)25)43-50(2)44-62(70)78(26,27)28)82-66-52(4)46-54(48-64(66)80(32,33)34)89-53-45-51(3)65(63(47-53)79(29,30)31)81-87(83-67-55(71(5,6)7)37-35-38-56(67)72(8,9)10)84-68-57(73(11,12)13)39-36-40-58(68)74(14,15)16/h35-48H,1-34H3. The summed E-state index contributed by atoms with van der Waals surface area (Å²) in [6.07, 6.45) is 0. The van der Waals surface area contributed by atoms with Crippen LogP contribution in [0.5, 0.6) is 34.5 Å². The van der Waals surface area contributed by atoms with Gasteiger partial charge >= 0.3 is 17.2 Å². The predicted molar refractivity (Wildman–Crippen MR) is 386 cm³/mol. The Morgan fingerprint density at radius 3 is 0.618 bits per heavy atom. The Kier molecular flexibility index (Phi) is 21.2. The maximum atomic E-state index is 7.54. The van der Waals surface area contributed by atoms with Crippen LogP contribution in [0.15, 0.2) is 94.7 Å². The van der Waals surface area contributed by atoms with Gasteiger partial charge in [-0.2, -0.15) is 0 Å². The second-order valence-electron chi connectivity index (χ2n) is 35.6. The first-order valence-corrected chi connectivity index (χ1v) is 35.3. The van der Waals surface area contributed by atoms with Crippen molar-refractivity contribution in [1.29, 1.82) is 0 Å². The van der Waals surface area contributed by atoms with Crippen molar-refractivity contribution in [2.24, 2.45) is 0 Å². The topological polar surface area (TPSA) is 55.4 Å². The highest BCUT2D eigenvalue weighted by Crippen LogP contribution is 2.57. The molecule has 0 N–H and O–H groups in total. The van der Waals surface area contributed by atoms with Gasteiger partial charge in [-0.25, -0.2) is 0 Å². The molecule has 0 aliphatic carbocycles. The number of aryl methyl sites for hydroxylation is 4. The molecule has 0 aliphatic heterocycles. The summed E-state index contributed by atoms with van der Waals surface area (Å²) in [5.41, 5.74) is 12.8. The van der Waals surface area contributed by atoms with E-state index in [9.17, 15) is 0 Å². The molecule has 0 bridgehead atoms. The molecule has 0 radical (unpaired) electrons. The third-order valence-electron chi connectivity index (χ3n) is 16.3. The molecule has 6 rings (SSSR count). The van der Waals surface area contributed by atoms with Crippen molar-refractivity contribution in [3.8, 4) is 34.5 Å². The molecule has 0 saturated carbocycles. The molecule has 9 heteroatoms. The Labute approximate surface area is 549 Å². The summed E-state index contributed by atoms with van der Waals surface area (Å²) in [6.45, 7) is 76.4. The summed E-state index contributed by atoms with van der Waals surface area (Å²) in [6, 6.07) is 31.4. The molecule has 0 aliphatic rings. The zero-order valence-corrected chi connectivity index (χ0v) is 64.4. The van der Waals surface area contributed by atoms with E-state index < -0.39 is 17.2 Å². The fraction of sp³-hybridized carbons (Fsp3) is 0.550. The van der Waals surface area contributed by atoms with Gasteiger partial charge in [-0.1, -0.05) is 291 Å². The van der Waals surface area contributed by atoms with E-state index in [2.05, 4.69) is 320 Å². The van der Waals surface area contributed by atoms with Gasteiger partial charge in [0, 0.05) is 65.4 Å². The second-order valence-corrected chi connectivity index (χ2v) is 38.7. The minimum atomic E-state index is -2.14.